The Hall–Kier alpha value is -2.52. The van der Waals surface area contributed by atoms with Gasteiger partial charge in [-0.2, -0.15) is 0 Å². The molecule has 3 aromatic rings. The molecule has 0 unspecified atom stereocenters. The Morgan fingerprint density at radius 1 is 0.905 bits per heavy atom. The fourth-order valence-electron chi connectivity index (χ4n) is 2.32. The first-order valence-corrected chi connectivity index (χ1v) is 6.95. The predicted octanol–water partition coefficient (Wildman–Crippen LogP) is 3.95. The van der Waals surface area contributed by atoms with Crippen LogP contribution in [-0.4, -0.2) is 18.3 Å². The van der Waals surface area contributed by atoms with E-state index >= 15 is 0 Å². The molecule has 2 N–H and O–H groups in total. The van der Waals surface area contributed by atoms with Gasteiger partial charge < -0.3 is 15.2 Å². The summed E-state index contributed by atoms with van der Waals surface area (Å²) in [5, 5.41) is 14.6. The Balaban J connectivity index is 1.88. The van der Waals surface area contributed by atoms with Crippen LogP contribution in [0.2, 0.25) is 0 Å². The molecule has 3 aromatic carbocycles. The van der Waals surface area contributed by atoms with Crippen molar-refractivity contribution in [1.82, 2.24) is 0 Å². The lowest BCUT2D eigenvalue weighted by Crippen LogP contribution is -2.01. The second-order valence-electron chi connectivity index (χ2n) is 4.75. The zero-order chi connectivity index (χ0) is 14.5. The molecule has 0 radical (unpaired) electrons. The van der Waals surface area contributed by atoms with Gasteiger partial charge in [-0.15, -0.1) is 0 Å². The molecule has 0 atom stereocenters. The summed E-state index contributed by atoms with van der Waals surface area (Å²) in [5.74, 6) is 0.745. The summed E-state index contributed by atoms with van der Waals surface area (Å²) in [4.78, 5) is 0. The van der Waals surface area contributed by atoms with Crippen molar-refractivity contribution in [2.45, 2.75) is 0 Å². The molecule has 3 rings (SSSR count). The Morgan fingerprint density at radius 3 is 2.62 bits per heavy atom. The number of aliphatic hydroxyl groups excluding tert-OH is 1. The number of nitrogens with one attached hydrogen (secondary N) is 1. The number of rotatable bonds is 5. The Labute approximate surface area is 123 Å². The molecule has 21 heavy (non-hydrogen) atoms. The maximum atomic E-state index is 8.81. The Bertz CT molecular complexity index is 735. The van der Waals surface area contributed by atoms with Crippen LogP contribution < -0.4 is 10.1 Å². The first kappa shape index (κ1) is 13.5. The van der Waals surface area contributed by atoms with E-state index in [1.54, 1.807) is 0 Å². The van der Waals surface area contributed by atoms with Crippen molar-refractivity contribution in [3.63, 3.8) is 0 Å². The molecule has 0 aliphatic carbocycles. The molecule has 0 aliphatic heterocycles. The van der Waals surface area contributed by atoms with E-state index < -0.39 is 0 Å². The molecule has 3 nitrogen and oxygen atoms in total. The van der Waals surface area contributed by atoms with Crippen molar-refractivity contribution in [2.24, 2.45) is 0 Å². The Morgan fingerprint density at radius 2 is 1.71 bits per heavy atom. The molecule has 0 aliphatic rings. The molecule has 0 saturated carbocycles. The van der Waals surface area contributed by atoms with Crippen LogP contribution in [0.15, 0.2) is 66.7 Å². The quantitative estimate of drug-likeness (QED) is 0.743. The summed E-state index contributed by atoms with van der Waals surface area (Å²) in [6, 6.07) is 22.2. The minimum atomic E-state index is 0.0149. The van der Waals surface area contributed by atoms with Gasteiger partial charge in [-0.05, 0) is 23.6 Å². The summed E-state index contributed by atoms with van der Waals surface area (Å²) in [7, 11) is 0. The molecular weight excluding hydrogens is 262 g/mol. The van der Waals surface area contributed by atoms with Gasteiger partial charge in [0.05, 0.1) is 6.61 Å². The van der Waals surface area contributed by atoms with E-state index in [0.29, 0.717) is 6.61 Å². The lowest BCUT2D eigenvalue weighted by molar-refractivity contribution is 0.201. The Kier molecular flexibility index (Phi) is 4.03. The van der Waals surface area contributed by atoms with Gasteiger partial charge in [0.15, 0.2) is 0 Å². The molecule has 0 bridgehead atoms. The third-order valence-electron chi connectivity index (χ3n) is 3.26. The molecule has 0 saturated heterocycles. The average Bonchev–Trinajstić information content (AvgIpc) is 2.54. The average molecular weight is 279 g/mol. The van der Waals surface area contributed by atoms with Gasteiger partial charge in [-0.3, -0.25) is 0 Å². The molecule has 0 fully saturated rings. The maximum absolute atomic E-state index is 8.81. The number of aliphatic hydroxyl groups is 1. The van der Waals surface area contributed by atoms with Crippen LogP contribution in [-0.2, 0) is 0 Å². The second-order valence-corrected chi connectivity index (χ2v) is 4.75. The van der Waals surface area contributed by atoms with E-state index in [1.807, 2.05) is 42.5 Å². The van der Waals surface area contributed by atoms with Gasteiger partial charge in [0.1, 0.15) is 12.4 Å². The maximum Gasteiger partial charge on any atom is 0.121 e. The smallest absolute Gasteiger partial charge is 0.121 e. The van der Waals surface area contributed by atoms with Gasteiger partial charge in [0.2, 0.25) is 0 Å². The largest absolute Gasteiger partial charge is 0.491 e. The first-order chi connectivity index (χ1) is 10.4. The van der Waals surface area contributed by atoms with Crippen molar-refractivity contribution in [1.29, 1.82) is 0 Å². The molecular formula is C18H17NO2. The highest BCUT2D eigenvalue weighted by molar-refractivity contribution is 5.95. The number of ether oxygens (including phenoxy) is 1. The van der Waals surface area contributed by atoms with E-state index in [4.69, 9.17) is 9.84 Å². The summed E-state index contributed by atoms with van der Waals surface area (Å²) in [6.45, 7) is 0.318. The van der Waals surface area contributed by atoms with Gasteiger partial charge in [0, 0.05) is 22.8 Å². The molecule has 0 heterocycles. The molecule has 106 valence electrons. The van der Waals surface area contributed by atoms with Gasteiger partial charge in [-0.1, -0.05) is 42.5 Å². The van der Waals surface area contributed by atoms with Gasteiger partial charge in [0.25, 0.3) is 0 Å². The molecule has 3 heteroatoms. The van der Waals surface area contributed by atoms with Crippen LogP contribution >= 0.6 is 0 Å². The van der Waals surface area contributed by atoms with E-state index in [9.17, 15) is 0 Å². The topological polar surface area (TPSA) is 41.5 Å². The third kappa shape index (κ3) is 3.15. The molecule has 0 amide bonds. The van der Waals surface area contributed by atoms with Crippen LogP contribution in [0, 0.1) is 0 Å². The van der Waals surface area contributed by atoms with Crippen molar-refractivity contribution < 1.29 is 9.84 Å². The number of hydrogen-bond acceptors (Lipinski definition) is 3. The first-order valence-electron chi connectivity index (χ1n) is 6.95. The normalized spacial score (nSPS) is 10.5. The SMILES string of the molecule is OCCOc1cccc(Nc2cccc3ccccc23)c1. The third-order valence-corrected chi connectivity index (χ3v) is 3.26. The highest BCUT2D eigenvalue weighted by Gasteiger charge is 2.02. The summed E-state index contributed by atoms with van der Waals surface area (Å²) in [5.41, 5.74) is 2.02. The van der Waals surface area contributed by atoms with E-state index in [0.717, 1.165) is 17.1 Å². The van der Waals surface area contributed by atoms with E-state index in [1.165, 1.54) is 10.8 Å². The van der Waals surface area contributed by atoms with Crippen LogP contribution in [0.1, 0.15) is 0 Å². The number of anilines is 2. The summed E-state index contributed by atoms with van der Waals surface area (Å²) in [6.07, 6.45) is 0. The van der Waals surface area contributed by atoms with E-state index in [2.05, 4.69) is 29.6 Å². The highest BCUT2D eigenvalue weighted by atomic mass is 16.5. The van der Waals surface area contributed by atoms with Crippen molar-refractivity contribution in [3.8, 4) is 5.75 Å². The van der Waals surface area contributed by atoms with Crippen LogP contribution in [0.4, 0.5) is 11.4 Å². The monoisotopic (exact) mass is 279 g/mol. The predicted molar refractivity (Wildman–Crippen MR) is 86.3 cm³/mol. The second kappa shape index (κ2) is 6.29. The minimum absolute atomic E-state index is 0.0149. The van der Waals surface area contributed by atoms with E-state index in [-0.39, 0.29) is 6.61 Å². The van der Waals surface area contributed by atoms with Gasteiger partial charge in [-0.25, -0.2) is 0 Å². The zero-order valence-corrected chi connectivity index (χ0v) is 11.6. The number of hydrogen-bond donors (Lipinski definition) is 2. The zero-order valence-electron chi connectivity index (χ0n) is 11.6. The highest BCUT2D eigenvalue weighted by Crippen LogP contribution is 2.27. The van der Waals surface area contributed by atoms with Crippen LogP contribution in [0.25, 0.3) is 10.8 Å². The van der Waals surface area contributed by atoms with Crippen molar-refractivity contribution in [2.75, 3.05) is 18.5 Å². The molecule has 0 spiro atoms. The summed E-state index contributed by atoms with van der Waals surface area (Å²) < 4.78 is 5.43. The standard InChI is InChI=1S/C18H17NO2/c20-11-12-21-16-8-4-7-15(13-16)19-18-10-3-6-14-5-1-2-9-17(14)18/h1-10,13,19-20H,11-12H2. The number of fused-ring (bicyclic) bond motifs is 1. The summed E-state index contributed by atoms with van der Waals surface area (Å²) >= 11 is 0. The lowest BCUT2D eigenvalue weighted by Gasteiger charge is -2.11. The van der Waals surface area contributed by atoms with Crippen molar-refractivity contribution in [3.05, 3.63) is 66.7 Å². The fourth-order valence-corrected chi connectivity index (χ4v) is 2.32. The fraction of sp³-hybridized carbons (Fsp3) is 0.111. The molecule has 0 aromatic heterocycles. The van der Waals surface area contributed by atoms with Crippen molar-refractivity contribution >= 4 is 22.1 Å². The number of benzene rings is 3. The lowest BCUT2D eigenvalue weighted by atomic mass is 10.1. The van der Waals surface area contributed by atoms with Crippen LogP contribution in [0.3, 0.4) is 0 Å². The van der Waals surface area contributed by atoms with Crippen LogP contribution in [0.5, 0.6) is 5.75 Å². The minimum Gasteiger partial charge on any atom is -0.491 e. The van der Waals surface area contributed by atoms with Gasteiger partial charge >= 0.3 is 0 Å².